The van der Waals surface area contributed by atoms with Crippen molar-refractivity contribution in [3.8, 4) is 0 Å². The number of halogens is 3. The molecule has 184 valence electrons. The molecule has 3 unspecified atom stereocenters. The third-order valence-electron chi connectivity index (χ3n) is 6.76. The first-order valence-corrected chi connectivity index (χ1v) is 11.4. The van der Waals surface area contributed by atoms with E-state index >= 15 is 0 Å². The molecule has 1 aromatic carbocycles. The molecule has 10 heteroatoms. The number of benzene rings is 1. The fourth-order valence-corrected chi connectivity index (χ4v) is 4.84. The third kappa shape index (κ3) is 5.61. The highest BCUT2D eigenvalue weighted by Gasteiger charge is 2.45. The number of likely N-dealkylation sites (tertiary alicyclic amines) is 1. The lowest BCUT2D eigenvalue weighted by Gasteiger charge is -2.33. The highest BCUT2D eigenvalue weighted by Crippen LogP contribution is 2.31. The summed E-state index contributed by atoms with van der Waals surface area (Å²) in [6.07, 6.45) is -1.10. The van der Waals surface area contributed by atoms with Crippen LogP contribution in [0.4, 0.5) is 13.2 Å². The second-order valence-electron chi connectivity index (χ2n) is 8.93. The number of nitrogens with zero attached hydrogens (tertiary/aromatic N) is 2. The Balaban J connectivity index is 1.34. The van der Waals surface area contributed by atoms with Crippen LogP contribution in [0.2, 0.25) is 0 Å². The maximum Gasteiger partial charge on any atom is 0.416 e. The molecule has 1 aromatic heterocycles. The first-order chi connectivity index (χ1) is 16.2. The van der Waals surface area contributed by atoms with Crippen LogP contribution in [0.3, 0.4) is 0 Å². The zero-order chi connectivity index (χ0) is 24.3. The Morgan fingerprint density at radius 2 is 2.00 bits per heavy atom. The molecule has 2 aliphatic heterocycles. The van der Waals surface area contributed by atoms with Gasteiger partial charge in [0, 0.05) is 38.1 Å². The van der Waals surface area contributed by atoms with E-state index in [-0.39, 0.29) is 29.9 Å². The van der Waals surface area contributed by atoms with Crippen LogP contribution in [0.5, 0.6) is 0 Å². The SMILES string of the molecule is CN1C(CCC(=O)NCc2ccco2)CNC(=O)C2C1CCN2Cc1ccc(C(F)(F)F)cc1. The van der Waals surface area contributed by atoms with Gasteiger partial charge in [0.1, 0.15) is 11.8 Å². The Kier molecular flexibility index (Phi) is 7.27. The van der Waals surface area contributed by atoms with Crippen LogP contribution in [0.15, 0.2) is 47.1 Å². The van der Waals surface area contributed by atoms with Crippen molar-refractivity contribution in [1.29, 1.82) is 0 Å². The van der Waals surface area contributed by atoms with E-state index in [1.807, 2.05) is 11.9 Å². The maximum atomic E-state index is 12.9. The predicted molar refractivity (Wildman–Crippen MR) is 118 cm³/mol. The Hall–Kier alpha value is -2.85. The van der Waals surface area contributed by atoms with Gasteiger partial charge < -0.3 is 15.1 Å². The number of hydrogen-bond donors (Lipinski definition) is 2. The highest BCUT2D eigenvalue weighted by atomic mass is 19.4. The number of likely N-dealkylation sites (N-methyl/N-ethyl adjacent to an activating group) is 1. The van der Waals surface area contributed by atoms with Gasteiger partial charge in [-0.15, -0.1) is 0 Å². The fourth-order valence-electron chi connectivity index (χ4n) is 4.84. The van der Waals surface area contributed by atoms with Gasteiger partial charge in [-0.25, -0.2) is 0 Å². The van der Waals surface area contributed by atoms with Crippen molar-refractivity contribution in [2.75, 3.05) is 20.1 Å². The molecular weight excluding hydrogens is 449 g/mol. The molecule has 3 atom stereocenters. The van der Waals surface area contributed by atoms with Crippen molar-refractivity contribution in [3.05, 3.63) is 59.5 Å². The molecule has 2 saturated heterocycles. The number of hydrogen-bond acceptors (Lipinski definition) is 5. The predicted octanol–water partition coefficient (Wildman–Crippen LogP) is 2.77. The van der Waals surface area contributed by atoms with E-state index in [1.165, 1.54) is 12.1 Å². The summed E-state index contributed by atoms with van der Waals surface area (Å²) in [4.78, 5) is 29.4. The number of alkyl halides is 3. The average molecular weight is 479 g/mol. The molecule has 0 radical (unpaired) electrons. The van der Waals surface area contributed by atoms with Crippen LogP contribution < -0.4 is 10.6 Å². The molecule has 2 amide bonds. The number of carbonyl (C=O) groups excluding carboxylic acids is 2. The summed E-state index contributed by atoms with van der Waals surface area (Å²) in [6, 6.07) is 8.27. The zero-order valence-corrected chi connectivity index (χ0v) is 19.0. The van der Waals surface area contributed by atoms with Crippen molar-refractivity contribution < 1.29 is 27.2 Å². The minimum Gasteiger partial charge on any atom is -0.467 e. The van der Waals surface area contributed by atoms with E-state index in [2.05, 4.69) is 15.5 Å². The molecule has 7 nitrogen and oxygen atoms in total. The van der Waals surface area contributed by atoms with Gasteiger partial charge in [-0.1, -0.05) is 12.1 Å². The van der Waals surface area contributed by atoms with Crippen LogP contribution in [0.1, 0.15) is 36.1 Å². The van der Waals surface area contributed by atoms with Gasteiger partial charge in [0.15, 0.2) is 0 Å². The Labute approximate surface area is 196 Å². The molecule has 3 heterocycles. The molecule has 4 rings (SSSR count). The monoisotopic (exact) mass is 478 g/mol. The van der Waals surface area contributed by atoms with Gasteiger partial charge in [0.25, 0.3) is 0 Å². The molecular formula is C24H29F3N4O3. The van der Waals surface area contributed by atoms with Crippen LogP contribution in [-0.4, -0.2) is 59.9 Å². The van der Waals surface area contributed by atoms with E-state index in [0.29, 0.717) is 44.8 Å². The fraction of sp³-hybridized carbons (Fsp3) is 0.500. The molecule has 2 aliphatic rings. The van der Waals surface area contributed by atoms with Gasteiger partial charge in [0.05, 0.1) is 18.4 Å². The molecule has 2 aromatic rings. The normalized spacial score (nSPS) is 23.9. The molecule has 2 N–H and O–H groups in total. The van der Waals surface area contributed by atoms with Crippen molar-refractivity contribution in [2.45, 2.75) is 56.7 Å². The maximum absolute atomic E-state index is 12.9. The second kappa shape index (κ2) is 10.2. The van der Waals surface area contributed by atoms with Crippen molar-refractivity contribution in [3.63, 3.8) is 0 Å². The molecule has 2 fully saturated rings. The first kappa shape index (κ1) is 24.3. The summed E-state index contributed by atoms with van der Waals surface area (Å²) in [5.41, 5.74) is 0.0525. The summed E-state index contributed by atoms with van der Waals surface area (Å²) >= 11 is 0. The lowest BCUT2D eigenvalue weighted by Crippen LogP contribution is -2.49. The van der Waals surface area contributed by atoms with E-state index < -0.39 is 11.7 Å². The van der Waals surface area contributed by atoms with Gasteiger partial charge in [-0.05, 0) is 49.7 Å². The number of nitrogens with one attached hydrogen (secondary N) is 2. The minimum absolute atomic E-state index is 0.0133. The largest absolute Gasteiger partial charge is 0.467 e. The lowest BCUT2D eigenvalue weighted by atomic mass is 10.0. The molecule has 0 saturated carbocycles. The topological polar surface area (TPSA) is 77.8 Å². The summed E-state index contributed by atoms with van der Waals surface area (Å²) in [5, 5.41) is 5.84. The van der Waals surface area contributed by atoms with E-state index in [9.17, 15) is 22.8 Å². The lowest BCUT2D eigenvalue weighted by molar-refractivity contribution is -0.137. The molecule has 0 aliphatic carbocycles. The van der Waals surface area contributed by atoms with E-state index in [1.54, 1.807) is 18.4 Å². The number of carbonyl (C=O) groups is 2. The molecule has 0 bridgehead atoms. The molecule has 0 spiro atoms. The summed E-state index contributed by atoms with van der Waals surface area (Å²) in [6.45, 7) is 1.86. The van der Waals surface area contributed by atoms with E-state index in [4.69, 9.17) is 4.42 Å². The van der Waals surface area contributed by atoms with Crippen molar-refractivity contribution in [1.82, 2.24) is 20.4 Å². The zero-order valence-electron chi connectivity index (χ0n) is 19.0. The standard InChI is InChI=1S/C24H29F3N4O3/c1-30-18(8-9-21(32)28-14-19-3-2-12-34-19)13-29-23(33)22-20(30)10-11-31(22)15-16-4-6-17(7-5-16)24(25,26)27/h2-7,12,18,20,22H,8-11,13-15H2,1H3,(H,28,32)(H,29,33). The smallest absolute Gasteiger partial charge is 0.416 e. The number of fused-ring (bicyclic) bond motifs is 1. The van der Waals surface area contributed by atoms with Crippen molar-refractivity contribution >= 4 is 11.8 Å². The Morgan fingerprint density at radius 3 is 2.68 bits per heavy atom. The quantitative estimate of drug-likeness (QED) is 0.640. The summed E-state index contributed by atoms with van der Waals surface area (Å²) in [5.74, 6) is 0.535. The second-order valence-corrected chi connectivity index (χ2v) is 8.93. The van der Waals surface area contributed by atoms with Crippen molar-refractivity contribution in [2.24, 2.45) is 0 Å². The van der Waals surface area contributed by atoms with Gasteiger partial charge in [-0.3, -0.25) is 19.4 Å². The Bertz CT molecular complexity index is 978. The van der Waals surface area contributed by atoms with Crippen LogP contribution in [0, 0.1) is 0 Å². The van der Waals surface area contributed by atoms with Gasteiger partial charge >= 0.3 is 6.18 Å². The van der Waals surface area contributed by atoms with Gasteiger partial charge in [0.2, 0.25) is 11.8 Å². The number of rotatable bonds is 7. The Morgan fingerprint density at radius 1 is 1.24 bits per heavy atom. The van der Waals surface area contributed by atoms with E-state index in [0.717, 1.165) is 24.1 Å². The highest BCUT2D eigenvalue weighted by molar-refractivity contribution is 5.83. The van der Waals surface area contributed by atoms with Crippen LogP contribution >= 0.6 is 0 Å². The average Bonchev–Trinajstić information content (AvgIpc) is 3.44. The van der Waals surface area contributed by atoms with Gasteiger partial charge in [-0.2, -0.15) is 13.2 Å². The first-order valence-electron chi connectivity index (χ1n) is 11.4. The van der Waals surface area contributed by atoms with Crippen LogP contribution in [-0.2, 0) is 28.9 Å². The summed E-state index contributed by atoms with van der Waals surface area (Å²) < 4.78 is 43.8. The third-order valence-corrected chi connectivity index (χ3v) is 6.76. The number of amides is 2. The molecule has 34 heavy (non-hydrogen) atoms. The summed E-state index contributed by atoms with van der Waals surface area (Å²) in [7, 11) is 1.98. The van der Waals surface area contributed by atoms with Crippen LogP contribution in [0.25, 0.3) is 0 Å². The minimum atomic E-state index is -4.37. The number of furan rings is 1.